The van der Waals surface area contributed by atoms with E-state index in [1.54, 1.807) is 113 Å². The van der Waals surface area contributed by atoms with Crippen molar-refractivity contribution in [1.82, 2.24) is 0 Å². The highest BCUT2D eigenvalue weighted by atomic mass is 16.3. The summed E-state index contributed by atoms with van der Waals surface area (Å²) < 4.78 is 0. The van der Waals surface area contributed by atoms with Crippen molar-refractivity contribution in [2.75, 3.05) is 0 Å². The topological polar surface area (TPSA) is 142 Å². The molecule has 6 aromatic rings. The van der Waals surface area contributed by atoms with E-state index in [2.05, 4.69) is 108 Å². The standard InChI is InChI=1S/C23H32O2.C14H22O2.2C11H16O.2C10H16.C7H8O/c1-14-9-16(20(24)18(11-14)22(3,4)5)13-17-10-15(2)12-19(21(17)25)23(6,7)8;1-13(2,3)9-7-12(16)10(8-11(9)15)14(4,5)6;1-8-5-6-10(12)9(7-8)11(2,3)4;1-8(2)6-10-7-9(3)4-5-11(10)12;2*1-2-9-7-4-5-8(6-7)10(9)3-1;1-6-2-4-7(8)5-3-6/h9-12,24-25H,13H2,1-8H3;7-8,15-16H,1-6H3;5-7,12H,1-4H3;4-5,7-8,12H,6H2,1-3H3;2*7-10H,1-6H2;2-5,8H,1H3. The molecule has 0 radical (unpaired) electrons. The van der Waals surface area contributed by atoms with Crippen molar-refractivity contribution in [2.24, 2.45) is 53.3 Å². The van der Waals surface area contributed by atoms with Gasteiger partial charge in [0.1, 0.15) is 40.2 Å². The molecule has 0 saturated heterocycles. The molecular formula is C86H126O7. The number of aryl methyl sites for hydroxylation is 5. The summed E-state index contributed by atoms with van der Waals surface area (Å²) in [5, 5.41) is 69.5. The Kier molecular flexibility index (Phi) is 25.5. The van der Waals surface area contributed by atoms with E-state index in [1.165, 1.54) is 64.0 Å². The van der Waals surface area contributed by atoms with Crippen molar-refractivity contribution >= 4 is 0 Å². The molecule has 512 valence electrons. The Morgan fingerprint density at radius 2 is 0.624 bits per heavy atom. The molecule has 8 atom stereocenters. The van der Waals surface area contributed by atoms with Crippen LogP contribution in [0.1, 0.15) is 267 Å². The van der Waals surface area contributed by atoms with Crippen molar-refractivity contribution in [3.63, 3.8) is 0 Å². The van der Waals surface area contributed by atoms with Crippen LogP contribution < -0.4 is 0 Å². The SMILES string of the molecule is C1CC2C3CCC(C3)C2C1.C1CC2C3CCC(C3)C2C1.CC(C)(C)c1cc(O)c(C(C)(C)C)cc1O.Cc1cc(Cc2cc(C)cc(C(C)(C)C)c2O)c(O)c(C(C)(C)C)c1.Cc1ccc(O)c(C(C)(C)C)c1.Cc1ccc(O)c(CC(C)C)c1.Cc1ccc(O)cc1. The molecule has 0 heterocycles. The van der Waals surface area contributed by atoms with Gasteiger partial charge in [-0.2, -0.15) is 0 Å². The van der Waals surface area contributed by atoms with Gasteiger partial charge in [0.2, 0.25) is 0 Å². The molecule has 12 rings (SSSR count). The summed E-state index contributed by atoms with van der Waals surface area (Å²) in [6.45, 7) is 45.5. The van der Waals surface area contributed by atoms with Gasteiger partial charge in [0, 0.05) is 17.5 Å². The lowest BCUT2D eigenvalue weighted by Crippen LogP contribution is -2.15. The van der Waals surface area contributed by atoms with Crippen LogP contribution in [-0.4, -0.2) is 35.7 Å². The zero-order valence-electron chi connectivity index (χ0n) is 62.0. The third-order valence-corrected chi connectivity index (χ3v) is 20.9. The fourth-order valence-electron chi connectivity index (χ4n) is 16.3. The molecule has 0 aromatic heterocycles. The minimum atomic E-state index is -0.169. The first kappa shape index (κ1) is 75.9. The number of phenols is 7. The van der Waals surface area contributed by atoms with E-state index in [4.69, 9.17) is 5.11 Å². The van der Waals surface area contributed by atoms with E-state index < -0.39 is 0 Å². The quantitative estimate of drug-likeness (QED) is 0.0872. The Labute approximate surface area is 565 Å². The molecule has 4 bridgehead atoms. The molecule has 93 heavy (non-hydrogen) atoms. The second-order valence-corrected chi connectivity index (χ2v) is 34.7. The Hall–Kier alpha value is -6.08. The summed E-state index contributed by atoms with van der Waals surface area (Å²) in [5.74, 6) is 12.5. The lowest BCUT2D eigenvalue weighted by atomic mass is 9.81. The molecule has 7 nitrogen and oxygen atoms in total. The van der Waals surface area contributed by atoms with Crippen molar-refractivity contribution in [3.8, 4) is 40.2 Å². The number of fused-ring (bicyclic) bond motifs is 10. The van der Waals surface area contributed by atoms with E-state index in [-0.39, 0.29) is 38.6 Å². The maximum atomic E-state index is 10.8. The normalized spacial score (nSPS) is 21.6. The lowest BCUT2D eigenvalue weighted by Gasteiger charge is -2.25. The fourth-order valence-corrected chi connectivity index (χ4v) is 16.3. The molecule has 0 aliphatic heterocycles. The molecule has 7 heteroatoms. The molecule has 6 aliphatic rings. The fraction of sp³-hybridized carbons (Fsp3) is 0.581. The molecular weight excluding hydrogens is 1140 g/mol. The molecule has 6 fully saturated rings. The number of hydrogen-bond acceptors (Lipinski definition) is 7. The van der Waals surface area contributed by atoms with Gasteiger partial charge >= 0.3 is 0 Å². The molecule has 6 aromatic carbocycles. The van der Waals surface area contributed by atoms with E-state index in [9.17, 15) is 30.6 Å². The average molecular weight is 1270 g/mol. The van der Waals surface area contributed by atoms with Gasteiger partial charge in [-0.05, 0) is 255 Å². The maximum Gasteiger partial charge on any atom is 0.122 e. The second kappa shape index (κ2) is 31.2. The highest BCUT2D eigenvalue weighted by Crippen LogP contribution is 2.60. The van der Waals surface area contributed by atoms with Crippen molar-refractivity contribution in [2.45, 2.75) is 269 Å². The van der Waals surface area contributed by atoms with Crippen LogP contribution >= 0.6 is 0 Å². The van der Waals surface area contributed by atoms with E-state index in [1.807, 2.05) is 105 Å². The summed E-state index contributed by atoms with van der Waals surface area (Å²) in [5.41, 5.74) is 12.5. The molecule has 6 aliphatic carbocycles. The largest absolute Gasteiger partial charge is 0.508 e. The van der Waals surface area contributed by atoms with Crippen molar-refractivity contribution < 1.29 is 35.7 Å². The Bertz CT molecular complexity index is 3190. The summed E-state index contributed by atoms with van der Waals surface area (Å²) in [7, 11) is 0. The number of rotatable bonds is 4. The number of hydrogen-bond donors (Lipinski definition) is 7. The lowest BCUT2D eigenvalue weighted by molar-refractivity contribution is 0.259. The predicted molar refractivity (Wildman–Crippen MR) is 392 cm³/mol. The highest BCUT2D eigenvalue weighted by molar-refractivity contribution is 5.54. The summed E-state index contributed by atoms with van der Waals surface area (Å²) in [6, 6.07) is 30.1. The van der Waals surface area contributed by atoms with Crippen LogP contribution in [0.5, 0.6) is 40.2 Å². The van der Waals surface area contributed by atoms with E-state index in [0.29, 0.717) is 41.1 Å². The Morgan fingerprint density at radius 3 is 0.946 bits per heavy atom. The van der Waals surface area contributed by atoms with Gasteiger partial charge in [0.05, 0.1) is 0 Å². The van der Waals surface area contributed by atoms with Gasteiger partial charge in [-0.15, -0.1) is 0 Å². The summed E-state index contributed by atoms with van der Waals surface area (Å²) >= 11 is 0. The van der Waals surface area contributed by atoms with Crippen molar-refractivity contribution in [1.29, 1.82) is 0 Å². The molecule has 0 amide bonds. The van der Waals surface area contributed by atoms with Crippen LogP contribution in [0, 0.1) is 87.9 Å². The molecule has 7 N–H and O–H groups in total. The number of aromatic hydroxyl groups is 7. The van der Waals surface area contributed by atoms with E-state index >= 15 is 0 Å². The van der Waals surface area contributed by atoms with Crippen LogP contribution in [0.4, 0.5) is 0 Å². The zero-order chi connectivity index (χ0) is 69.5. The van der Waals surface area contributed by atoms with Crippen LogP contribution in [0.15, 0.2) is 97.1 Å². The van der Waals surface area contributed by atoms with Gasteiger partial charge < -0.3 is 35.7 Å². The van der Waals surface area contributed by atoms with Crippen LogP contribution in [0.25, 0.3) is 0 Å². The molecule has 6 saturated carbocycles. The summed E-state index contributed by atoms with van der Waals surface area (Å²) in [6.07, 6.45) is 20.5. The molecule has 8 unspecified atom stereocenters. The summed E-state index contributed by atoms with van der Waals surface area (Å²) in [4.78, 5) is 0. The predicted octanol–water partition coefficient (Wildman–Crippen LogP) is 22.9. The van der Waals surface area contributed by atoms with Gasteiger partial charge in [0.25, 0.3) is 0 Å². The molecule has 0 spiro atoms. The Balaban J connectivity index is 0.000000178. The third kappa shape index (κ3) is 21.0. The second-order valence-electron chi connectivity index (χ2n) is 34.7. The van der Waals surface area contributed by atoms with Crippen LogP contribution in [0.2, 0.25) is 0 Å². The first-order valence-corrected chi connectivity index (χ1v) is 35.6. The van der Waals surface area contributed by atoms with Crippen LogP contribution in [-0.2, 0) is 39.9 Å². The third-order valence-electron chi connectivity index (χ3n) is 20.9. The van der Waals surface area contributed by atoms with Gasteiger partial charge in [-0.1, -0.05) is 219 Å². The average Bonchev–Trinajstić information content (AvgIpc) is 1.73. The highest BCUT2D eigenvalue weighted by Gasteiger charge is 2.50. The number of phenolic OH excluding ortho intramolecular Hbond substituents is 7. The van der Waals surface area contributed by atoms with Crippen LogP contribution in [0.3, 0.4) is 0 Å². The van der Waals surface area contributed by atoms with Crippen molar-refractivity contribution in [3.05, 3.63) is 169 Å². The maximum absolute atomic E-state index is 10.8. The first-order chi connectivity index (χ1) is 43.0. The van der Waals surface area contributed by atoms with Gasteiger partial charge in [0.15, 0.2) is 0 Å². The van der Waals surface area contributed by atoms with Gasteiger partial charge in [-0.3, -0.25) is 0 Å². The zero-order valence-corrected chi connectivity index (χ0v) is 62.0. The monoisotopic (exact) mass is 1270 g/mol. The Morgan fingerprint density at radius 1 is 0.323 bits per heavy atom. The smallest absolute Gasteiger partial charge is 0.122 e. The van der Waals surface area contributed by atoms with E-state index in [0.717, 1.165) is 62.1 Å². The van der Waals surface area contributed by atoms with Gasteiger partial charge in [-0.25, -0.2) is 0 Å². The minimum Gasteiger partial charge on any atom is -0.508 e. The minimum absolute atomic E-state index is 0.0239. The number of benzene rings is 6. The first-order valence-electron chi connectivity index (χ1n) is 35.6.